The molecule has 4 aromatic rings. The maximum atomic E-state index is 14.3. The minimum atomic E-state index is -0.265. The minimum Gasteiger partial charge on any atom is -0.356 e. The van der Waals surface area contributed by atoms with E-state index >= 15 is 0 Å². The zero-order valence-corrected chi connectivity index (χ0v) is 17.7. The zero-order chi connectivity index (χ0) is 21.9. The van der Waals surface area contributed by atoms with Crippen LogP contribution in [0, 0.1) is 5.82 Å². The van der Waals surface area contributed by atoms with E-state index in [1.165, 1.54) is 6.07 Å². The van der Waals surface area contributed by atoms with Gasteiger partial charge in [0.15, 0.2) is 0 Å². The van der Waals surface area contributed by atoms with Gasteiger partial charge in [0.2, 0.25) is 0 Å². The third-order valence-electron chi connectivity index (χ3n) is 6.13. The van der Waals surface area contributed by atoms with Gasteiger partial charge in [-0.05, 0) is 43.2 Å². The molecule has 32 heavy (non-hydrogen) atoms. The molecule has 1 aliphatic rings. The fraction of sp³-hybridized carbons (Fsp3) is 0.231. The van der Waals surface area contributed by atoms with E-state index in [0.717, 1.165) is 42.7 Å². The Morgan fingerprint density at radius 3 is 2.53 bits per heavy atom. The predicted octanol–water partition coefficient (Wildman–Crippen LogP) is 4.62. The lowest BCUT2D eigenvalue weighted by molar-refractivity contribution is 0.0922. The second-order valence-electron chi connectivity index (χ2n) is 8.19. The molecule has 2 aromatic heterocycles. The topological polar surface area (TPSA) is 50.2 Å². The summed E-state index contributed by atoms with van der Waals surface area (Å²) in [5, 5.41) is 4.18. The number of carbonyl (C=O) groups excluding carboxylic acids is 1. The molecule has 6 heteroatoms. The van der Waals surface area contributed by atoms with Gasteiger partial charge in [0, 0.05) is 41.8 Å². The van der Waals surface area contributed by atoms with Crippen LogP contribution >= 0.6 is 0 Å². The highest BCUT2D eigenvalue weighted by molar-refractivity contribution is 5.99. The molecule has 0 saturated carbocycles. The number of carbonyl (C=O) groups is 1. The summed E-state index contributed by atoms with van der Waals surface area (Å²) >= 11 is 0. The van der Waals surface area contributed by atoms with Gasteiger partial charge in [-0.15, -0.1) is 0 Å². The number of nitrogens with zero attached hydrogens (tertiary/aromatic N) is 3. The first-order valence-electron chi connectivity index (χ1n) is 11.0. The van der Waals surface area contributed by atoms with E-state index in [1.807, 2.05) is 59.2 Å². The van der Waals surface area contributed by atoms with Crippen LogP contribution in [-0.2, 0) is 6.54 Å². The van der Waals surface area contributed by atoms with E-state index in [2.05, 4.69) is 15.2 Å². The zero-order valence-electron chi connectivity index (χ0n) is 17.7. The average molecular weight is 429 g/mol. The van der Waals surface area contributed by atoms with Crippen LogP contribution in [0.2, 0.25) is 0 Å². The molecule has 0 radical (unpaired) electrons. The molecular formula is C26H25FN4O. The number of hydrogen-bond acceptors (Lipinski definition) is 3. The van der Waals surface area contributed by atoms with E-state index in [1.54, 1.807) is 18.3 Å². The number of benzene rings is 2. The number of hydrogen-bond donors (Lipinski definition) is 1. The van der Waals surface area contributed by atoms with Crippen molar-refractivity contribution >= 4 is 22.6 Å². The molecule has 5 rings (SSSR count). The molecule has 3 heterocycles. The Balaban J connectivity index is 1.34. The SMILES string of the molecule is O=C(NC1CCN(c2ccccn2)CC1)c1cc2ccccc2n1Cc1ccccc1F. The van der Waals surface area contributed by atoms with Crippen LogP contribution in [0.15, 0.2) is 79.0 Å². The summed E-state index contributed by atoms with van der Waals surface area (Å²) in [5.41, 5.74) is 2.04. The van der Waals surface area contributed by atoms with E-state index in [4.69, 9.17) is 0 Å². The fourth-order valence-corrected chi connectivity index (χ4v) is 4.42. The van der Waals surface area contributed by atoms with Crippen molar-refractivity contribution in [3.05, 3.63) is 96.1 Å². The number of anilines is 1. The summed E-state index contributed by atoms with van der Waals surface area (Å²) in [5.74, 6) is 0.592. The molecular weight excluding hydrogens is 403 g/mol. The van der Waals surface area contributed by atoms with Crippen LogP contribution < -0.4 is 10.2 Å². The Hall–Kier alpha value is -3.67. The third-order valence-corrected chi connectivity index (χ3v) is 6.13. The summed E-state index contributed by atoms with van der Waals surface area (Å²) in [6, 6.07) is 22.5. The molecule has 0 aliphatic carbocycles. The lowest BCUT2D eigenvalue weighted by atomic mass is 10.0. The van der Waals surface area contributed by atoms with Crippen LogP contribution in [0.3, 0.4) is 0 Å². The summed E-state index contributed by atoms with van der Waals surface area (Å²) in [7, 11) is 0. The first-order valence-corrected chi connectivity index (χ1v) is 11.0. The van der Waals surface area contributed by atoms with Gasteiger partial charge in [-0.2, -0.15) is 0 Å². The highest BCUT2D eigenvalue weighted by Crippen LogP contribution is 2.23. The molecule has 1 fully saturated rings. The Bertz CT molecular complexity index is 1230. The van der Waals surface area contributed by atoms with E-state index in [-0.39, 0.29) is 17.8 Å². The first kappa shape index (κ1) is 20.2. The predicted molar refractivity (Wildman–Crippen MR) is 124 cm³/mol. The van der Waals surface area contributed by atoms with Crippen molar-refractivity contribution in [3.8, 4) is 0 Å². The van der Waals surface area contributed by atoms with Crippen LogP contribution in [0.5, 0.6) is 0 Å². The molecule has 0 spiro atoms. The number of pyridine rings is 1. The van der Waals surface area contributed by atoms with Gasteiger partial charge in [-0.3, -0.25) is 4.79 Å². The molecule has 0 unspecified atom stereocenters. The number of halogens is 1. The van der Waals surface area contributed by atoms with Crippen molar-refractivity contribution in [2.24, 2.45) is 0 Å². The molecule has 1 aliphatic heterocycles. The Kier molecular flexibility index (Phi) is 5.58. The smallest absolute Gasteiger partial charge is 0.268 e. The van der Waals surface area contributed by atoms with Crippen molar-refractivity contribution in [2.45, 2.75) is 25.4 Å². The number of rotatable bonds is 5. The van der Waals surface area contributed by atoms with Crippen LogP contribution in [-0.4, -0.2) is 34.6 Å². The number of nitrogens with one attached hydrogen (secondary N) is 1. The van der Waals surface area contributed by atoms with E-state index < -0.39 is 0 Å². The van der Waals surface area contributed by atoms with Crippen LogP contribution in [0.1, 0.15) is 28.9 Å². The van der Waals surface area contributed by atoms with Crippen LogP contribution in [0.4, 0.5) is 10.2 Å². The maximum Gasteiger partial charge on any atom is 0.268 e. The van der Waals surface area contributed by atoms with Crippen molar-refractivity contribution < 1.29 is 9.18 Å². The Morgan fingerprint density at radius 1 is 1.00 bits per heavy atom. The van der Waals surface area contributed by atoms with Gasteiger partial charge in [-0.1, -0.05) is 42.5 Å². The molecule has 1 N–H and O–H groups in total. The lowest BCUT2D eigenvalue weighted by Gasteiger charge is -2.33. The van der Waals surface area contributed by atoms with E-state index in [9.17, 15) is 9.18 Å². The van der Waals surface area contributed by atoms with Crippen molar-refractivity contribution in [1.82, 2.24) is 14.9 Å². The number of aromatic nitrogens is 2. The van der Waals surface area contributed by atoms with E-state index in [0.29, 0.717) is 17.8 Å². The van der Waals surface area contributed by atoms with Gasteiger partial charge in [0.05, 0.1) is 6.54 Å². The molecule has 0 atom stereocenters. The van der Waals surface area contributed by atoms with Gasteiger partial charge in [0.1, 0.15) is 17.3 Å². The summed E-state index contributed by atoms with van der Waals surface area (Å²) in [4.78, 5) is 19.9. The highest BCUT2D eigenvalue weighted by atomic mass is 19.1. The molecule has 2 aromatic carbocycles. The first-order chi connectivity index (χ1) is 15.7. The Labute approximate surface area is 186 Å². The summed E-state index contributed by atoms with van der Waals surface area (Å²) < 4.78 is 16.2. The maximum absolute atomic E-state index is 14.3. The Morgan fingerprint density at radius 2 is 1.75 bits per heavy atom. The third kappa shape index (κ3) is 4.08. The molecule has 162 valence electrons. The number of piperidine rings is 1. The number of fused-ring (bicyclic) bond motifs is 1. The molecule has 0 bridgehead atoms. The fourth-order valence-electron chi connectivity index (χ4n) is 4.42. The monoisotopic (exact) mass is 428 g/mol. The summed E-state index contributed by atoms with van der Waals surface area (Å²) in [6.07, 6.45) is 3.52. The molecule has 5 nitrogen and oxygen atoms in total. The quantitative estimate of drug-likeness (QED) is 0.505. The normalized spacial score (nSPS) is 14.6. The average Bonchev–Trinajstić information content (AvgIpc) is 3.20. The second-order valence-corrected chi connectivity index (χ2v) is 8.19. The van der Waals surface area contributed by atoms with Gasteiger partial charge < -0.3 is 14.8 Å². The van der Waals surface area contributed by atoms with Gasteiger partial charge in [-0.25, -0.2) is 9.37 Å². The second kappa shape index (κ2) is 8.83. The summed E-state index contributed by atoms with van der Waals surface area (Å²) in [6.45, 7) is 2.00. The van der Waals surface area contributed by atoms with Crippen LogP contribution in [0.25, 0.3) is 10.9 Å². The van der Waals surface area contributed by atoms with Crippen molar-refractivity contribution in [1.29, 1.82) is 0 Å². The lowest BCUT2D eigenvalue weighted by Crippen LogP contribution is -2.45. The highest BCUT2D eigenvalue weighted by Gasteiger charge is 2.24. The minimum absolute atomic E-state index is 0.0994. The van der Waals surface area contributed by atoms with Crippen molar-refractivity contribution in [3.63, 3.8) is 0 Å². The standard InChI is InChI=1S/C26H25FN4O/c27-22-9-3-1-8-20(22)18-31-23-10-4-2-7-19(23)17-24(31)26(32)29-21-12-15-30(16-13-21)25-11-5-6-14-28-25/h1-11,14,17,21H,12-13,15-16,18H2,(H,29,32). The van der Waals surface area contributed by atoms with Crippen molar-refractivity contribution in [2.75, 3.05) is 18.0 Å². The van der Waals surface area contributed by atoms with Gasteiger partial charge >= 0.3 is 0 Å². The number of para-hydroxylation sites is 1. The largest absolute Gasteiger partial charge is 0.356 e. The van der Waals surface area contributed by atoms with Gasteiger partial charge in [0.25, 0.3) is 5.91 Å². The number of amides is 1. The molecule has 1 saturated heterocycles. The molecule has 1 amide bonds.